The van der Waals surface area contributed by atoms with Crippen LogP contribution >= 0.6 is 44.8 Å². The molecule has 6 rings (SSSR count). The normalized spacial score (nSPS) is 11.8. The van der Waals surface area contributed by atoms with Crippen LogP contribution in [0.3, 0.4) is 0 Å². The van der Waals surface area contributed by atoms with Gasteiger partial charge >= 0.3 is 12.0 Å². The quantitative estimate of drug-likeness (QED) is 0.118. The Morgan fingerprint density at radius 1 is 0.604 bits per heavy atom. The second-order valence-corrected chi connectivity index (χ2v) is 16.7. The second-order valence-electron chi connectivity index (χ2n) is 10.1. The molecule has 0 unspecified atom stereocenters. The van der Waals surface area contributed by atoms with Crippen molar-refractivity contribution in [2.75, 3.05) is 0 Å². The van der Waals surface area contributed by atoms with Gasteiger partial charge < -0.3 is 9.47 Å². The highest BCUT2D eigenvalue weighted by molar-refractivity contribution is 8.76. The van der Waals surface area contributed by atoms with Gasteiger partial charge in [0.25, 0.3) is 20.0 Å². The molecule has 4 aromatic carbocycles. The molecule has 0 saturated heterocycles. The molecule has 0 radical (unpaired) electrons. The lowest BCUT2D eigenvalue weighted by atomic mass is 10.2. The van der Waals surface area contributed by atoms with Crippen LogP contribution in [0.4, 0.5) is 0 Å². The van der Waals surface area contributed by atoms with Gasteiger partial charge in [-0.2, -0.15) is 7.94 Å². The monoisotopic (exact) mass is 758 g/mol. The fraction of sp³-hybridized carbons (Fsp3) is 0.0625. The Hall–Kier alpha value is -3.92. The van der Waals surface area contributed by atoms with Gasteiger partial charge in [0.05, 0.1) is 12.4 Å². The maximum Gasteiger partial charge on any atom is 0.316 e. The number of nitrogens with zero attached hydrogens (tertiary/aromatic N) is 4. The number of hydrogen-bond donors (Lipinski definition) is 0. The van der Waals surface area contributed by atoms with E-state index in [2.05, 4.69) is 9.97 Å². The van der Waals surface area contributed by atoms with Gasteiger partial charge in [0, 0.05) is 32.2 Å². The van der Waals surface area contributed by atoms with Gasteiger partial charge in [0.15, 0.2) is 0 Å². The molecule has 0 aliphatic rings. The van der Waals surface area contributed by atoms with Crippen molar-refractivity contribution in [3.63, 3.8) is 0 Å². The number of rotatable bonds is 11. The molecule has 0 amide bonds. The predicted molar refractivity (Wildman–Crippen MR) is 187 cm³/mol. The molecule has 48 heavy (non-hydrogen) atoms. The number of benzene rings is 4. The minimum atomic E-state index is -4.28. The Bertz CT molecular complexity index is 2170. The van der Waals surface area contributed by atoms with Gasteiger partial charge in [-0.3, -0.25) is 0 Å². The van der Waals surface area contributed by atoms with Crippen LogP contribution in [0.5, 0.6) is 23.5 Å². The number of ether oxygens (including phenoxy) is 2. The highest BCUT2D eigenvalue weighted by Crippen LogP contribution is 2.46. The van der Waals surface area contributed by atoms with Gasteiger partial charge in [0.1, 0.15) is 21.3 Å². The number of aromatic nitrogens is 4. The van der Waals surface area contributed by atoms with Crippen molar-refractivity contribution in [2.24, 2.45) is 0 Å². The molecular weight excluding hydrogens is 736 g/mol. The lowest BCUT2D eigenvalue weighted by molar-refractivity contribution is 0.436. The zero-order valence-electron chi connectivity index (χ0n) is 25.0. The molecule has 0 atom stereocenters. The molecule has 0 spiro atoms. The molecule has 0 fully saturated rings. The van der Waals surface area contributed by atoms with Gasteiger partial charge in [0.2, 0.25) is 0 Å². The van der Waals surface area contributed by atoms with E-state index < -0.39 is 20.0 Å². The Labute approximate surface area is 295 Å². The third kappa shape index (κ3) is 6.95. The zero-order valence-corrected chi connectivity index (χ0v) is 29.8. The average Bonchev–Trinajstić information content (AvgIpc) is 3.74. The van der Waals surface area contributed by atoms with Crippen molar-refractivity contribution in [2.45, 2.75) is 33.4 Å². The lowest BCUT2D eigenvalue weighted by Gasteiger charge is -2.16. The van der Waals surface area contributed by atoms with Crippen LogP contribution in [0.15, 0.2) is 129 Å². The average molecular weight is 760 g/mol. The minimum absolute atomic E-state index is 0.0893. The summed E-state index contributed by atoms with van der Waals surface area (Å²) in [5, 5.41) is 0.638. The molecule has 16 heteroatoms. The number of imidazole rings is 2. The Morgan fingerprint density at radius 2 is 0.979 bits per heavy atom. The van der Waals surface area contributed by atoms with E-state index in [1.54, 1.807) is 74.5 Å². The summed E-state index contributed by atoms with van der Waals surface area (Å²) in [7, 11) is -6.55. The van der Waals surface area contributed by atoms with Crippen molar-refractivity contribution in [3.8, 4) is 23.5 Å². The third-order valence-corrected chi connectivity index (χ3v) is 13.7. The molecule has 2 heterocycles. The van der Waals surface area contributed by atoms with Crippen molar-refractivity contribution < 1.29 is 26.3 Å². The molecule has 0 bridgehead atoms. The summed E-state index contributed by atoms with van der Waals surface area (Å²) in [6.45, 7) is 3.37. The van der Waals surface area contributed by atoms with Crippen LogP contribution < -0.4 is 9.47 Å². The molecule has 0 N–H and O–H groups in total. The Kier molecular flexibility index (Phi) is 9.83. The first-order valence-corrected chi connectivity index (χ1v) is 19.7. The van der Waals surface area contributed by atoms with E-state index in [9.17, 15) is 16.8 Å². The molecule has 0 aliphatic carbocycles. The zero-order chi connectivity index (χ0) is 34.1. The number of para-hydroxylation sites is 2. The van der Waals surface area contributed by atoms with Crippen LogP contribution in [-0.2, 0) is 20.0 Å². The number of hydrogen-bond acceptors (Lipinski definition) is 10. The lowest BCUT2D eigenvalue weighted by Crippen LogP contribution is -2.15. The minimum Gasteiger partial charge on any atom is -0.425 e. The number of halogens is 2. The molecule has 10 nitrogen and oxygen atoms in total. The van der Waals surface area contributed by atoms with Gasteiger partial charge in [-0.1, -0.05) is 81.2 Å². The van der Waals surface area contributed by atoms with Crippen LogP contribution in [0.2, 0.25) is 10.0 Å². The Balaban J connectivity index is 1.36. The first-order valence-electron chi connectivity index (χ1n) is 13.9. The molecule has 6 aromatic rings. The SMILES string of the molecule is Cc1cc(S(=O)(=O)n2ccnc2Oc2ccccc2)c(SSc2cc(Cl)c(C)cc2S(=O)(=O)n2ccnc2Oc2ccccc2)cc1Cl. The van der Waals surface area contributed by atoms with E-state index in [0.717, 1.165) is 29.5 Å². The van der Waals surface area contributed by atoms with Crippen molar-refractivity contribution >= 4 is 64.8 Å². The topological polar surface area (TPSA) is 122 Å². The fourth-order valence-electron chi connectivity index (χ4n) is 4.36. The van der Waals surface area contributed by atoms with Gasteiger partial charge in [-0.25, -0.2) is 26.8 Å². The predicted octanol–water partition coefficient (Wildman–Crippen LogP) is 8.86. The molecule has 246 valence electrons. The van der Waals surface area contributed by atoms with E-state index in [1.165, 1.54) is 49.1 Å². The Morgan fingerprint density at radius 3 is 1.35 bits per heavy atom. The van der Waals surface area contributed by atoms with E-state index in [-0.39, 0.29) is 31.6 Å². The van der Waals surface area contributed by atoms with Crippen LogP contribution in [0.1, 0.15) is 11.1 Å². The standard InChI is InChI=1S/C32H24Cl2N4O6S4/c1-21-17-29(47(39,40)37-15-13-35-31(37)43-23-9-5-3-6-10-23)27(19-25(21)33)45-46-28-20-26(34)22(2)18-30(28)48(41,42)38-16-14-36-32(38)44-24-11-7-4-8-12-24/h3-20H,1-2H3. The van der Waals surface area contributed by atoms with Crippen molar-refractivity contribution in [1.29, 1.82) is 0 Å². The van der Waals surface area contributed by atoms with Crippen LogP contribution in [0, 0.1) is 13.8 Å². The third-order valence-electron chi connectivity index (χ3n) is 6.80. The van der Waals surface area contributed by atoms with E-state index in [1.807, 2.05) is 0 Å². The number of aryl methyl sites for hydroxylation is 2. The fourth-order valence-corrected chi connectivity index (χ4v) is 10.9. The molecular formula is C32H24Cl2N4O6S4. The summed E-state index contributed by atoms with van der Waals surface area (Å²) in [6.07, 6.45) is 5.20. The largest absolute Gasteiger partial charge is 0.425 e. The first kappa shape index (κ1) is 34.0. The van der Waals surface area contributed by atoms with Gasteiger partial charge in [-0.05, 0) is 73.5 Å². The van der Waals surface area contributed by atoms with E-state index >= 15 is 0 Å². The summed E-state index contributed by atoms with van der Waals surface area (Å²) in [5.41, 5.74) is 1.03. The first-order chi connectivity index (χ1) is 22.9. The van der Waals surface area contributed by atoms with E-state index in [4.69, 9.17) is 32.7 Å². The summed E-state index contributed by atoms with van der Waals surface area (Å²) in [4.78, 5) is 8.51. The summed E-state index contributed by atoms with van der Waals surface area (Å²) >= 11 is 13.0. The smallest absolute Gasteiger partial charge is 0.316 e. The van der Waals surface area contributed by atoms with Crippen LogP contribution in [-0.4, -0.2) is 34.7 Å². The van der Waals surface area contributed by atoms with Crippen molar-refractivity contribution in [1.82, 2.24) is 17.9 Å². The van der Waals surface area contributed by atoms with Crippen LogP contribution in [0.25, 0.3) is 0 Å². The summed E-state index contributed by atoms with van der Waals surface area (Å²) in [5.74, 6) is 0.801. The maximum absolute atomic E-state index is 14.1. The highest BCUT2D eigenvalue weighted by atomic mass is 35.5. The van der Waals surface area contributed by atoms with Gasteiger partial charge in [-0.15, -0.1) is 0 Å². The summed E-state index contributed by atoms with van der Waals surface area (Å²) < 4.78 is 69.8. The highest BCUT2D eigenvalue weighted by Gasteiger charge is 2.29. The molecule has 0 aliphatic heterocycles. The second kappa shape index (κ2) is 13.9. The maximum atomic E-state index is 14.1. The van der Waals surface area contributed by atoms with E-state index in [0.29, 0.717) is 32.7 Å². The summed E-state index contributed by atoms with van der Waals surface area (Å²) in [6, 6.07) is 22.9. The molecule has 2 aromatic heterocycles. The van der Waals surface area contributed by atoms with Crippen molar-refractivity contribution in [3.05, 3.63) is 131 Å². The molecule has 0 saturated carbocycles.